The van der Waals surface area contributed by atoms with E-state index in [0.29, 0.717) is 5.56 Å². The zero-order valence-corrected chi connectivity index (χ0v) is 10.8. The van der Waals surface area contributed by atoms with Crippen LogP contribution < -0.4 is 0 Å². The second-order valence-electron chi connectivity index (χ2n) is 4.38. The highest BCUT2D eigenvalue weighted by Crippen LogP contribution is 2.08. The Labute approximate surface area is 117 Å². The van der Waals surface area contributed by atoms with E-state index in [9.17, 15) is 9.59 Å². The first kappa shape index (κ1) is 13.7. The number of aliphatic carboxylic acids is 1. The molecule has 100 valence electrons. The van der Waals surface area contributed by atoms with Crippen LogP contribution in [0.2, 0.25) is 0 Å². The summed E-state index contributed by atoms with van der Waals surface area (Å²) in [5, 5.41) is 8.68. The number of carbonyl (C=O) groups excluding carboxylic acids is 1. The van der Waals surface area contributed by atoms with E-state index in [1.54, 1.807) is 42.5 Å². The molecule has 0 aliphatic heterocycles. The molecule has 2 aromatic carbocycles. The molecule has 3 nitrogen and oxygen atoms in total. The van der Waals surface area contributed by atoms with Crippen molar-refractivity contribution in [1.82, 2.24) is 0 Å². The maximum Gasteiger partial charge on any atom is 0.307 e. The van der Waals surface area contributed by atoms with Crippen molar-refractivity contribution in [2.24, 2.45) is 0 Å². The molecule has 20 heavy (non-hydrogen) atoms. The van der Waals surface area contributed by atoms with Gasteiger partial charge in [-0.1, -0.05) is 60.7 Å². The average molecular weight is 266 g/mol. The number of carboxylic acids is 1. The van der Waals surface area contributed by atoms with E-state index in [2.05, 4.69) is 0 Å². The fourth-order valence-electron chi connectivity index (χ4n) is 1.79. The van der Waals surface area contributed by atoms with Gasteiger partial charge in [0.25, 0.3) is 0 Å². The Kier molecular flexibility index (Phi) is 4.45. The van der Waals surface area contributed by atoms with Gasteiger partial charge in [-0.05, 0) is 17.2 Å². The minimum Gasteiger partial charge on any atom is -0.481 e. The van der Waals surface area contributed by atoms with E-state index in [-0.39, 0.29) is 12.2 Å². The summed E-state index contributed by atoms with van der Waals surface area (Å²) >= 11 is 0. The molecule has 0 bridgehead atoms. The van der Waals surface area contributed by atoms with Crippen molar-refractivity contribution < 1.29 is 14.7 Å². The van der Waals surface area contributed by atoms with E-state index < -0.39 is 5.97 Å². The summed E-state index contributed by atoms with van der Waals surface area (Å²) < 4.78 is 0. The number of ketones is 1. The second-order valence-corrected chi connectivity index (χ2v) is 4.38. The lowest BCUT2D eigenvalue weighted by Gasteiger charge is -1.98. The largest absolute Gasteiger partial charge is 0.481 e. The van der Waals surface area contributed by atoms with Crippen LogP contribution in [-0.2, 0) is 11.2 Å². The van der Waals surface area contributed by atoms with Crippen molar-refractivity contribution >= 4 is 17.8 Å². The van der Waals surface area contributed by atoms with Crippen LogP contribution in [0, 0.1) is 0 Å². The summed E-state index contributed by atoms with van der Waals surface area (Å²) in [6.07, 6.45) is 3.24. The maximum atomic E-state index is 11.9. The first-order valence-electron chi connectivity index (χ1n) is 6.23. The molecule has 0 atom stereocenters. The lowest BCUT2D eigenvalue weighted by molar-refractivity contribution is -0.136. The van der Waals surface area contributed by atoms with E-state index in [0.717, 1.165) is 11.1 Å². The number of allylic oxidation sites excluding steroid dienone is 1. The van der Waals surface area contributed by atoms with Crippen molar-refractivity contribution in [2.75, 3.05) is 0 Å². The first-order chi connectivity index (χ1) is 9.65. The molecule has 0 amide bonds. The van der Waals surface area contributed by atoms with Crippen LogP contribution in [0.15, 0.2) is 60.7 Å². The summed E-state index contributed by atoms with van der Waals surface area (Å²) in [6.45, 7) is 0. The molecule has 0 unspecified atom stereocenters. The van der Waals surface area contributed by atoms with Gasteiger partial charge in [0.15, 0.2) is 5.78 Å². The fourth-order valence-corrected chi connectivity index (χ4v) is 1.79. The van der Waals surface area contributed by atoms with Crippen molar-refractivity contribution in [2.45, 2.75) is 6.42 Å². The number of rotatable bonds is 5. The monoisotopic (exact) mass is 266 g/mol. The summed E-state index contributed by atoms with van der Waals surface area (Å²) in [4.78, 5) is 22.4. The van der Waals surface area contributed by atoms with Crippen LogP contribution in [0.3, 0.4) is 0 Å². The standard InChI is InChI=1S/C17H14O3/c18-16(15-4-2-1-3-5-15)11-10-13-6-8-14(9-7-13)12-17(19)20/h1-11H,12H2,(H,19,20). The van der Waals surface area contributed by atoms with E-state index in [1.165, 1.54) is 6.08 Å². The summed E-state index contributed by atoms with van der Waals surface area (Å²) in [6, 6.07) is 16.1. The molecule has 1 N–H and O–H groups in total. The minimum absolute atomic E-state index is 0.00689. The summed E-state index contributed by atoms with van der Waals surface area (Å²) in [7, 11) is 0. The van der Waals surface area contributed by atoms with Crippen LogP contribution in [0.4, 0.5) is 0 Å². The zero-order valence-electron chi connectivity index (χ0n) is 10.8. The molecule has 0 radical (unpaired) electrons. The SMILES string of the molecule is O=C(O)Cc1ccc(C=CC(=O)c2ccccc2)cc1. The highest BCUT2D eigenvalue weighted by molar-refractivity contribution is 6.06. The molecular weight excluding hydrogens is 252 g/mol. The molecule has 2 aromatic rings. The van der Waals surface area contributed by atoms with Crippen molar-refractivity contribution in [1.29, 1.82) is 0 Å². The van der Waals surface area contributed by atoms with Crippen LogP contribution >= 0.6 is 0 Å². The van der Waals surface area contributed by atoms with Gasteiger partial charge in [-0.15, -0.1) is 0 Å². The van der Waals surface area contributed by atoms with E-state index in [1.807, 2.05) is 18.2 Å². The van der Waals surface area contributed by atoms with Crippen molar-refractivity contribution in [3.8, 4) is 0 Å². The van der Waals surface area contributed by atoms with Crippen molar-refractivity contribution in [3.63, 3.8) is 0 Å². The Morgan fingerprint density at radius 1 is 0.950 bits per heavy atom. The van der Waals surface area contributed by atoms with Crippen molar-refractivity contribution in [3.05, 3.63) is 77.4 Å². The Morgan fingerprint density at radius 2 is 1.60 bits per heavy atom. The van der Waals surface area contributed by atoms with Crippen LogP contribution in [0.1, 0.15) is 21.5 Å². The Bertz CT molecular complexity index is 625. The molecule has 0 saturated carbocycles. The van der Waals surface area contributed by atoms with Crippen LogP contribution in [0.5, 0.6) is 0 Å². The highest BCUT2D eigenvalue weighted by Gasteiger charge is 2.01. The van der Waals surface area contributed by atoms with Gasteiger partial charge in [-0.3, -0.25) is 9.59 Å². The van der Waals surface area contributed by atoms with E-state index in [4.69, 9.17) is 5.11 Å². The van der Waals surface area contributed by atoms with E-state index >= 15 is 0 Å². The lowest BCUT2D eigenvalue weighted by atomic mass is 10.1. The predicted molar refractivity (Wildman–Crippen MR) is 77.6 cm³/mol. The number of carbonyl (C=O) groups is 2. The molecule has 0 spiro atoms. The summed E-state index contributed by atoms with van der Waals surface area (Å²) in [5.74, 6) is -0.909. The van der Waals surface area contributed by atoms with Gasteiger partial charge in [-0.2, -0.15) is 0 Å². The first-order valence-corrected chi connectivity index (χ1v) is 6.23. The average Bonchev–Trinajstić information content (AvgIpc) is 2.46. The van der Waals surface area contributed by atoms with Crippen LogP contribution in [0.25, 0.3) is 6.08 Å². The van der Waals surface area contributed by atoms with Gasteiger partial charge in [0.05, 0.1) is 6.42 Å². The number of benzene rings is 2. The molecular formula is C17H14O3. The zero-order chi connectivity index (χ0) is 14.4. The molecule has 0 fully saturated rings. The molecule has 0 aromatic heterocycles. The third-order valence-electron chi connectivity index (χ3n) is 2.82. The normalized spacial score (nSPS) is 10.6. The number of hydrogen-bond donors (Lipinski definition) is 1. The molecule has 0 heterocycles. The Hall–Kier alpha value is -2.68. The molecule has 2 rings (SSSR count). The van der Waals surface area contributed by atoms with Gasteiger partial charge >= 0.3 is 5.97 Å². The Balaban J connectivity index is 2.04. The highest BCUT2D eigenvalue weighted by atomic mass is 16.4. The van der Waals surface area contributed by atoms with Gasteiger partial charge in [0.2, 0.25) is 0 Å². The molecule has 0 aliphatic rings. The third-order valence-corrected chi connectivity index (χ3v) is 2.82. The van der Waals surface area contributed by atoms with Gasteiger partial charge in [-0.25, -0.2) is 0 Å². The lowest BCUT2D eigenvalue weighted by Crippen LogP contribution is -1.99. The third kappa shape index (κ3) is 3.92. The summed E-state index contributed by atoms with van der Waals surface area (Å²) in [5.41, 5.74) is 2.25. The maximum absolute atomic E-state index is 11.9. The van der Waals surface area contributed by atoms with Gasteiger partial charge < -0.3 is 5.11 Å². The Morgan fingerprint density at radius 3 is 2.20 bits per heavy atom. The minimum atomic E-state index is -0.854. The fraction of sp³-hybridized carbons (Fsp3) is 0.0588. The smallest absolute Gasteiger partial charge is 0.307 e. The topological polar surface area (TPSA) is 54.4 Å². The predicted octanol–water partition coefficient (Wildman–Crippen LogP) is 3.21. The quantitative estimate of drug-likeness (QED) is 0.668. The number of hydrogen-bond acceptors (Lipinski definition) is 2. The molecule has 0 aliphatic carbocycles. The number of carboxylic acid groups (broad SMARTS) is 1. The molecule has 0 saturated heterocycles. The van der Waals surface area contributed by atoms with Gasteiger partial charge in [0, 0.05) is 5.56 Å². The van der Waals surface area contributed by atoms with Crippen LogP contribution in [-0.4, -0.2) is 16.9 Å². The van der Waals surface area contributed by atoms with Gasteiger partial charge in [0.1, 0.15) is 0 Å². The second kappa shape index (κ2) is 6.48. The molecule has 3 heteroatoms.